The Kier molecular flexibility index (Phi) is 1.07. The fourth-order valence-corrected chi connectivity index (χ4v) is 1.69. The number of amides is 1. The molecule has 2 aromatic heterocycles. The average molecular weight is 248 g/mol. The molecule has 3 heterocycles. The third-order valence-electron chi connectivity index (χ3n) is 2.55. The molecule has 5 nitrogen and oxygen atoms in total. The second kappa shape index (κ2) is 3.80. The minimum atomic E-state index is -2.80. The molecule has 2 aromatic rings. The largest absolute Gasteiger partial charge is 0.318 e. The van der Waals surface area contributed by atoms with Gasteiger partial charge in [0.2, 0.25) is 0 Å². The van der Waals surface area contributed by atoms with Crippen LogP contribution in [0.5, 0.6) is 0 Å². The number of pyridine rings is 2. The Morgan fingerprint density at radius 3 is 3.00 bits per heavy atom. The number of nitrogens with zero attached hydrogens (tertiary/aromatic N) is 3. The Labute approximate surface area is 116 Å². The Hall–Kier alpha value is -2.43. The molecule has 3 rings (SSSR count). The highest BCUT2D eigenvalue weighted by Gasteiger charge is 2.25. The van der Waals surface area contributed by atoms with Gasteiger partial charge in [-0.2, -0.15) is 0 Å². The van der Waals surface area contributed by atoms with Crippen LogP contribution in [-0.2, 0) is 0 Å². The first-order valence-corrected chi connectivity index (χ1v) is 4.99. The van der Waals surface area contributed by atoms with Gasteiger partial charge in [0, 0.05) is 23.5 Å². The van der Waals surface area contributed by atoms with E-state index >= 15 is 0 Å². The molecule has 0 unspecified atom stereocenters. The predicted octanol–water partition coefficient (Wildman–Crippen LogP) is 2.12. The van der Waals surface area contributed by atoms with Gasteiger partial charge >= 0.3 is 0 Å². The predicted molar refractivity (Wildman–Crippen MR) is 69.2 cm³/mol. The highest BCUT2D eigenvalue weighted by molar-refractivity contribution is 6.11. The summed E-state index contributed by atoms with van der Waals surface area (Å²) in [6.45, 7) is -2.80. The van der Waals surface area contributed by atoms with E-state index in [4.69, 9.17) is 11.0 Å². The molecule has 0 spiro atoms. The maximum atomic E-state index is 12.6. The summed E-state index contributed by atoms with van der Waals surface area (Å²) in [7, 11) is 1.38. The van der Waals surface area contributed by atoms with E-state index < -0.39 is 48.8 Å². The van der Waals surface area contributed by atoms with E-state index in [1.807, 2.05) is 0 Å². The van der Waals surface area contributed by atoms with E-state index in [2.05, 4.69) is 15.3 Å². The second-order valence-electron chi connectivity index (χ2n) is 3.61. The Balaban J connectivity index is 2.40. The van der Waals surface area contributed by atoms with Gasteiger partial charge in [-0.15, -0.1) is 0 Å². The molecule has 0 atom stereocenters. The molecule has 0 saturated heterocycles. The fourth-order valence-electron chi connectivity index (χ4n) is 1.69. The second-order valence-corrected chi connectivity index (χ2v) is 3.61. The molecule has 5 heteroatoms. The number of nitrogens with one attached hydrogen (secondary N) is 1. The normalized spacial score (nSPS) is 20.5. The van der Waals surface area contributed by atoms with Crippen molar-refractivity contribution in [3.8, 4) is 0 Å². The van der Waals surface area contributed by atoms with Crippen molar-refractivity contribution in [1.29, 1.82) is 0 Å². The number of carbonyl (C=O) groups excluding carboxylic acids is 1. The van der Waals surface area contributed by atoms with Gasteiger partial charge in [0.25, 0.3) is 5.91 Å². The summed E-state index contributed by atoms with van der Waals surface area (Å²) in [5.74, 6) is -1.21. The molecule has 1 aliphatic heterocycles. The van der Waals surface area contributed by atoms with Crippen molar-refractivity contribution in [3.05, 3.63) is 41.6 Å². The summed E-state index contributed by atoms with van der Waals surface area (Å²) in [5, 5.41) is 2.33. The summed E-state index contributed by atoms with van der Waals surface area (Å²) < 4.78 is 61.9. The lowest BCUT2D eigenvalue weighted by atomic mass is 10.2. The first-order valence-electron chi connectivity index (χ1n) is 8.99. The van der Waals surface area contributed by atoms with Crippen LogP contribution in [-0.4, -0.2) is 22.9 Å². The standard InChI is InChI=1S/C13H12N4O/c1-8-5-7-15-12-10(8)16-13(18)9-4-3-6-14-11(9)17(12)2/h3-7H,1-2H3,(H,16,18)/i1D3,3D,4D,5D,6D,7D. The molecule has 0 aliphatic carbocycles. The molecule has 90 valence electrons. The maximum Gasteiger partial charge on any atom is 0.259 e. The Bertz CT molecular complexity index is 959. The third-order valence-corrected chi connectivity index (χ3v) is 2.55. The van der Waals surface area contributed by atoms with Crippen molar-refractivity contribution >= 4 is 23.2 Å². The van der Waals surface area contributed by atoms with Gasteiger partial charge in [0.1, 0.15) is 5.82 Å². The van der Waals surface area contributed by atoms with Crippen molar-refractivity contribution in [2.24, 2.45) is 0 Å². The number of fused-ring (bicyclic) bond motifs is 2. The zero-order valence-electron chi connectivity index (χ0n) is 17.2. The average Bonchev–Trinajstić information content (AvgIpc) is 2.61. The van der Waals surface area contributed by atoms with E-state index in [1.54, 1.807) is 0 Å². The minimum Gasteiger partial charge on any atom is -0.318 e. The van der Waals surface area contributed by atoms with Crippen molar-refractivity contribution in [1.82, 2.24) is 9.97 Å². The number of hydrogen-bond donors (Lipinski definition) is 1. The number of carbonyl (C=O) groups is 1. The molecule has 0 saturated carbocycles. The van der Waals surface area contributed by atoms with Crippen LogP contribution in [0.1, 0.15) is 26.9 Å². The van der Waals surface area contributed by atoms with Crippen molar-refractivity contribution < 1.29 is 15.8 Å². The lowest BCUT2D eigenvalue weighted by molar-refractivity contribution is 0.102. The summed E-state index contributed by atoms with van der Waals surface area (Å²) in [6, 6.07) is -1.74. The van der Waals surface area contributed by atoms with Crippen LogP contribution >= 0.6 is 0 Å². The lowest BCUT2D eigenvalue weighted by Crippen LogP contribution is -2.14. The highest BCUT2D eigenvalue weighted by atomic mass is 16.1. The third kappa shape index (κ3) is 1.44. The van der Waals surface area contributed by atoms with Crippen LogP contribution in [0, 0.1) is 6.85 Å². The van der Waals surface area contributed by atoms with Crippen molar-refractivity contribution in [2.45, 2.75) is 6.85 Å². The molecule has 1 amide bonds. The van der Waals surface area contributed by atoms with Crippen LogP contribution in [0.15, 0.2) is 30.5 Å². The van der Waals surface area contributed by atoms with Gasteiger partial charge in [0.05, 0.1) is 18.1 Å². The van der Waals surface area contributed by atoms with E-state index in [9.17, 15) is 4.79 Å². The summed E-state index contributed by atoms with van der Waals surface area (Å²) in [5.41, 5.74) is -1.15. The van der Waals surface area contributed by atoms with Gasteiger partial charge in [-0.05, 0) is 30.5 Å². The quantitative estimate of drug-likeness (QED) is 0.776. The van der Waals surface area contributed by atoms with Crippen LogP contribution < -0.4 is 10.2 Å². The van der Waals surface area contributed by atoms with Gasteiger partial charge in [-0.1, -0.05) is 0 Å². The number of anilines is 3. The summed E-state index contributed by atoms with van der Waals surface area (Å²) in [4.78, 5) is 21.5. The van der Waals surface area contributed by atoms with Gasteiger partial charge in [-0.3, -0.25) is 4.79 Å². The van der Waals surface area contributed by atoms with Crippen molar-refractivity contribution in [3.63, 3.8) is 0 Å². The zero-order valence-corrected chi connectivity index (χ0v) is 9.25. The number of hydrogen-bond acceptors (Lipinski definition) is 4. The Morgan fingerprint density at radius 1 is 1.33 bits per heavy atom. The zero-order chi connectivity index (χ0) is 19.5. The maximum absolute atomic E-state index is 12.6. The molecule has 1 N–H and O–H groups in total. The van der Waals surface area contributed by atoms with E-state index in [1.165, 1.54) is 11.9 Å². The monoisotopic (exact) mass is 248 g/mol. The number of aromatic nitrogens is 2. The number of rotatable bonds is 0. The highest BCUT2D eigenvalue weighted by Crippen LogP contribution is 2.35. The minimum absolute atomic E-state index is 0.145. The molecule has 1 aliphatic rings. The van der Waals surface area contributed by atoms with Gasteiger partial charge < -0.3 is 10.2 Å². The molecule has 0 fully saturated rings. The Morgan fingerprint density at radius 2 is 2.17 bits per heavy atom. The molecule has 18 heavy (non-hydrogen) atoms. The van der Waals surface area contributed by atoms with E-state index in [-0.39, 0.29) is 22.9 Å². The van der Waals surface area contributed by atoms with Gasteiger partial charge in [0.15, 0.2) is 5.82 Å². The van der Waals surface area contributed by atoms with Gasteiger partial charge in [-0.25, -0.2) is 9.97 Å². The van der Waals surface area contributed by atoms with Crippen molar-refractivity contribution in [2.75, 3.05) is 17.3 Å². The smallest absolute Gasteiger partial charge is 0.259 e. The van der Waals surface area contributed by atoms with Crippen LogP contribution in [0.3, 0.4) is 0 Å². The molecular formula is C13H12N4O. The molecule has 0 bridgehead atoms. The molecular weight excluding hydrogens is 228 g/mol. The topological polar surface area (TPSA) is 58.1 Å². The molecule has 0 aromatic carbocycles. The first kappa shape index (κ1) is 5.06. The lowest BCUT2D eigenvalue weighted by Gasteiger charge is -2.18. The molecule has 0 radical (unpaired) electrons. The van der Waals surface area contributed by atoms with Crippen LogP contribution in [0.25, 0.3) is 0 Å². The van der Waals surface area contributed by atoms with E-state index in [0.29, 0.717) is 0 Å². The fraction of sp³-hybridized carbons (Fsp3) is 0.154. The summed E-state index contributed by atoms with van der Waals surface area (Å²) in [6.07, 6.45) is -1.13. The first-order chi connectivity index (χ1) is 11.9. The van der Waals surface area contributed by atoms with Crippen LogP contribution in [0.4, 0.5) is 17.3 Å². The van der Waals surface area contributed by atoms with E-state index in [0.717, 1.165) is 0 Å². The SMILES string of the molecule is [2H]c1nc2c(c([2H])c1[2H])C(=O)Nc1c(nc([2H])c([2H])c1C([2H])([2H])[2H])N2C. The van der Waals surface area contributed by atoms with Crippen LogP contribution in [0.2, 0.25) is 0 Å². The summed E-state index contributed by atoms with van der Waals surface area (Å²) >= 11 is 0.